The number of likely N-dealkylation sites (tertiary alicyclic amines) is 1. The van der Waals surface area contributed by atoms with Gasteiger partial charge >= 0.3 is 0 Å². The van der Waals surface area contributed by atoms with Crippen molar-refractivity contribution in [3.63, 3.8) is 0 Å². The summed E-state index contributed by atoms with van der Waals surface area (Å²) in [5, 5.41) is 4.38. The van der Waals surface area contributed by atoms with Crippen LogP contribution >= 0.6 is 12.4 Å². The number of nitrogens with two attached hydrogens (primary N) is 1. The fourth-order valence-electron chi connectivity index (χ4n) is 2.73. The monoisotopic (exact) mass is 286 g/mol. The summed E-state index contributed by atoms with van der Waals surface area (Å²) in [4.78, 5) is 2.52. The molecule has 2 rings (SSSR count). The van der Waals surface area contributed by atoms with E-state index in [9.17, 15) is 0 Å². The van der Waals surface area contributed by atoms with Gasteiger partial charge in [-0.1, -0.05) is 6.92 Å². The third-order valence-electron chi connectivity index (χ3n) is 3.92. The van der Waals surface area contributed by atoms with Gasteiger partial charge in [-0.15, -0.1) is 12.4 Å². The van der Waals surface area contributed by atoms with Gasteiger partial charge in [0, 0.05) is 30.9 Å². The normalized spacial score (nSPS) is 19.1. The molecule has 0 amide bonds. The fraction of sp³-hybridized carbons (Fsp3) is 0.786. The van der Waals surface area contributed by atoms with Crippen molar-refractivity contribution in [3.8, 4) is 0 Å². The maximum atomic E-state index is 5.97. The molecule has 19 heavy (non-hydrogen) atoms. The molecule has 1 atom stereocenters. The maximum Gasteiger partial charge on any atom is 0.0534 e. The molecule has 1 aliphatic heterocycles. The lowest BCUT2D eigenvalue weighted by atomic mass is 9.91. The van der Waals surface area contributed by atoms with Crippen LogP contribution in [-0.2, 0) is 13.1 Å². The second-order valence-corrected chi connectivity index (χ2v) is 5.58. The topological polar surface area (TPSA) is 47.1 Å². The van der Waals surface area contributed by atoms with Crippen molar-refractivity contribution in [2.24, 2.45) is 11.7 Å². The molecule has 0 aliphatic carbocycles. The number of piperidine rings is 1. The predicted octanol–water partition coefficient (Wildman–Crippen LogP) is 2.27. The first-order valence-electron chi connectivity index (χ1n) is 7.18. The number of rotatable bonds is 5. The molecule has 1 unspecified atom stereocenters. The van der Waals surface area contributed by atoms with Gasteiger partial charge in [0.1, 0.15) is 0 Å². The zero-order valence-corrected chi connectivity index (χ0v) is 12.9. The smallest absolute Gasteiger partial charge is 0.0534 e. The highest BCUT2D eigenvalue weighted by molar-refractivity contribution is 5.85. The number of halogens is 1. The van der Waals surface area contributed by atoms with Gasteiger partial charge in [0.2, 0.25) is 0 Å². The van der Waals surface area contributed by atoms with Crippen LogP contribution in [0.5, 0.6) is 0 Å². The van der Waals surface area contributed by atoms with Gasteiger partial charge in [0.05, 0.1) is 6.20 Å². The summed E-state index contributed by atoms with van der Waals surface area (Å²) >= 11 is 0. The van der Waals surface area contributed by atoms with Crippen molar-refractivity contribution in [3.05, 3.63) is 18.0 Å². The molecule has 110 valence electrons. The minimum absolute atomic E-state index is 0. The van der Waals surface area contributed by atoms with Gasteiger partial charge in [-0.25, -0.2) is 0 Å². The predicted molar refractivity (Wildman–Crippen MR) is 81.4 cm³/mol. The molecule has 0 saturated carbocycles. The van der Waals surface area contributed by atoms with Crippen LogP contribution in [0.3, 0.4) is 0 Å². The number of hydrogen-bond donors (Lipinski definition) is 1. The second-order valence-electron chi connectivity index (χ2n) is 5.58. The molecule has 2 heterocycles. The molecule has 1 fully saturated rings. The van der Waals surface area contributed by atoms with Crippen molar-refractivity contribution in [2.75, 3.05) is 13.1 Å². The molecule has 1 aromatic rings. The molecule has 2 N–H and O–H groups in total. The Bertz CT molecular complexity index is 356. The molecule has 1 saturated heterocycles. The standard InChI is InChI=1S/C14H26N4.ClH/c1-3-6-18-11-13(9-16-18)10-17-7-4-14(5-8-17)12(2)15;/h9,11-12,14H,3-8,10,15H2,1-2H3;1H. The van der Waals surface area contributed by atoms with E-state index in [0.717, 1.165) is 19.5 Å². The average molecular weight is 287 g/mol. The summed E-state index contributed by atoms with van der Waals surface area (Å²) in [7, 11) is 0. The summed E-state index contributed by atoms with van der Waals surface area (Å²) in [6.07, 6.45) is 7.80. The van der Waals surface area contributed by atoms with Crippen LogP contribution in [0.2, 0.25) is 0 Å². The van der Waals surface area contributed by atoms with Crippen LogP contribution in [0, 0.1) is 5.92 Å². The van der Waals surface area contributed by atoms with E-state index < -0.39 is 0 Å². The third-order valence-corrected chi connectivity index (χ3v) is 3.92. The Balaban J connectivity index is 0.00000180. The van der Waals surface area contributed by atoms with Crippen molar-refractivity contribution in [1.29, 1.82) is 0 Å². The summed E-state index contributed by atoms with van der Waals surface area (Å²) in [6.45, 7) is 8.72. The van der Waals surface area contributed by atoms with Crippen molar-refractivity contribution in [2.45, 2.75) is 52.2 Å². The molecular formula is C14H27ClN4. The maximum absolute atomic E-state index is 5.97. The Hall–Kier alpha value is -0.580. The van der Waals surface area contributed by atoms with Crippen LogP contribution < -0.4 is 5.73 Å². The number of aromatic nitrogens is 2. The first-order valence-corrected chi connectivity index (χ1v) is 7.18. The number of aryl methyl sites for hydroxylation is 1. The van der Waals surface area contributed by atoms with E-state index in [0.29, 0.717) is 12.0 Å². The van der Waals surface area contributed by atoms with Crippen molar-refractivity contribution in [1.82, 2.24) is 14.7 Å². The summed E-state index contributed by atoms with van der Waals surface area (Å²) in [5.74, 6) is 0.712. The third kappa shape index (κ3) is 4.79. The molecular weight excluding hydrogens is 260 g/mol. The van der Waals surface area contributed by atoms with E-state index in [1.807, 2.05) is 10.9 Å². The van der Waals surface area contributed by atoms with Crippen LogP contribution in [0.4, 0.5) is 0 Å². The first kappa shape index (κ1) is 16.5. The molecule has 0 aromatic carbocycles. The van der Waals surface area contributed by atoms with Gasteiger partial charge in [0.25, 0.3) is 0 Å². The van der Waals surface area contributed by atoms with Gasteiger partial charge in [-0.05, 0) is 45.2 Å². The highest BCUT2D eigenvalue weighted by Gasteiger charge is 2.21. The summed E-state index contributed by atoms with van der Waals surface area (Å²) in [6, 6.07) is 0.347. The van der Waals surface area contributed by atoms with Crippen LogP contribution in [0.15, 0.2) is 12.4 Å². The van der Waals surface area contributed by atoms with Crippen molar-refractivity contribution >= 4 is 12.4 Å². The Labute approximate surface area is 122 Å². The largest absolute Gasteiger partial charge is 0.328 e. The molecule has 0 bridgehead atoms. The SMILES string of the molecule is CCCn1cc(CN2CCC(C(C)N)CC2)cn1.Cl. The van der Waals surface area contributed by atoms with E-state index >= 15 is 0 Å². The molecule has 5 heteroatoms. The van der Waals surface area contributed by atoms with Gasteiger partial charge in [-0.2, -0.15) is 5.10 Å². The summed E-state index contributed by atoms with van der Waals surface area (Å²) in [5.41, 5.74) is 7.31. The Morgan fingerprint density at radius 3 is 2.68 bits per heavy atom. The van der Waals surface area contributed by atoms with Crippen LogP contribution in [0.25, 0.3) is 0 Å². The quantitative estimate of drug-likeness (QED) is 0.903. The van der Waals surface area contributed by atoms with E-state index in [1.165, 1.54) is 31.5 Å². The minimum Gasteiger partial charge on any atom is -0.328 e. The zero-order chi connectivity index (χ0) is 13.0. The Morgan fingerprint density at radius 1 is 1.42 bits per heavy atom. The van der Waals surface area contributed by atoms with Gasteiger partial charge < -0.3 is 5.73 Å². The van der Waals surface area contributed by atoms with E-state index in [1.54, 1.807) is 0 Å². The molecule has 0 spiro atoms. The molecule has 0 radical (unpaired) electrons. The van der Waals surface area contributed by atoms with E-state index in [-0.39, 0.29) is 12.4 Å². The Morgan fingerprint density at radius 2 is 2.11 bits per heavy atom. The lowest BCUT2D eigenvalue weighted by Gasteiger charge is -2.33. The lowest BCUT2D eigenvalue weighted by Crippen LogP contribution is -2.39. The average Bonchev–Trinajstić information content (AvgIpc) is 2.78. The fourth-order valence-corrected chi connectivity index (χ4v) is 2.73. The van der Waals surface area contributed by atoms with Gasteiger partial charge in [-0.3, -0.25) is 9.58 Å². The summed E-state index contributed by atoms with van der Waals surface area (Å²) < 4.78 is 2.05. The number of hydrogen-bond acceptors (Lipinski definition) is 3. The van der Waals surface area contributed by atoms with Crippen LogP contribution in [-0.4, -0.2) is 33.8 Å². The zero-order valence-electron chi connectivity index (χ0n) is 12.1. The number of nitrogens with zero attached hydrogens (tertiary/aromatic N) is 3. The highest BCUT2D eigenvalue weighted by Crippen LogP contribution is 2.20. The second kappa shape index (κ2) is 7.88. The molecule has 1 aliphatic rings. The highest BCUT2D eigenvalue weighted by atomic mass is 35.5. The minimum atomic E-state index is 0. The van der Waals surface area contributed by atoms with Gasteiger partial charge in [0.15, 0.2) is 0 Å². The van der Waals surface area contributed by atoms with E-state index in [4.69, 9.17) is 5.73 Å². The Kier molecular flexibility index (Phi) is 6.83. The molecule has 1 aromatic heterocycles. The lowest BCUT2D eigenvalue weighted by molar-refractivity contribution is 0.165. The molecule has 4 nitrogen and oxygen atoms in total. The van der Waals surface area contributed by atoms with E-state index in [2.05, 4.69) is 30.0 Å². The first-order chi connectivity index (χ1) is 8.69. The van der Waals surface area contributed by atoms with Crippen molar-refractivity contribution < 1.29 is 0 Å². The van der Waals surface area contributed by atoms with Crippen LogP contribution in [0.1, 0.15) is 38.7 Å².